The van der Waals surface area contributed by atoms with Crippen LogP contribution in [0.15, 0.2) is 30.3 Å². The molecule has 0 saturated heterocycles. The zero-order chi connectivity index (χ0) is 21.1. The first-order valence-corrected chi connectivity index (χ1v) is 8.86. The Kier molecular flexibility index (Phi) is 5.84. The molecule has 0 aliphatic carbocycles. The van der Waals surface area contributed by atoms with Gasteiger partial charge in [0, 0.05) is 18.7 Å². The third-order valence-electron chi connectivity index (χ3n) is 4.53. The Morgan fingerprint density at radius 1 is 1.00 bits per heavy atom. The van der Waals surface area contributed by atoms with Crippen molar-refractivity contribution in [2.75, 3.05) is 21.3 Å². The van der Waals surface area contributed by atoms with Gasteiger partial charge in [-0.1, -0.05) is 6.07 Å². The fraction of sp³-hybridized carbons (Fsp3) is 0.286. The molecular weight excluding hydrogens is 376 g/mol. The number of hydrogen-bond donors (Lipinski definition) is 0. The van der Waals surface area contributed by atoms with Crippen molar-refractivity contribution in [3.05, 3.63) is 57.1 Å². The van der Waals surface area contributed by atoms with Crippen LogP contribution in [0.3, 0.4) is 0 Å². The van der Waals surface area contributed by atoms with E-state index in [4.69, 9.17) is 18.9 Å². The minimum atomic E-state index is -0.413. The fourth-order valence-corrected chi connectivity index (χ4v) is 3.11. The maximum Gasteiger partial charge on any atom is 0.278 e. The number of non-ortho nitro benzene ring substituents is 1. The molecule has 3 aromatic rings. The Hall–Kier alpha value is -3.39. The summed E-state index contributed by atoms with van der Waals surface area (Å²) in [6.45, 7) is 4.02. The van der Waals surface area contributed by atoms with Crippen molar-refractivity contribution in [2.45, 2.75) is 20.5 Å². The number of hydrogen-bond acceptors (Lipinski definition) is 7. The van der Waals surface area contributed by atoms with E-state index < -0.39 is 4.92 Å². The van der Waals surface area contributed by atoms with Crippen LogP contribution < -0.4 is 14.2 Å². The van der Waals surface area contributed by atoms with Gasteiger partial charge in [-0.15, -0.1) is 0 Å². The number of nitrogens with zero attached hydrogens (tertiary/aromatic N) is 2. The summed E-state index contributed by atoms with van der Waals surface area (Å²) in [7, 11) is 4.67. The molecule has 0 aliphatic rings. The number of rotatable bonds is 7. The van der Waals surface area contributed by atoms with E-state index >= 15 is 0 Å². The average molecular weight is 398 g/mol. The summed E-state index contributed by atoms with van der Waals surface area (Å²) in [5.74, 6) is 1.62. The summed E-state index contributed by atoms with van der Waals surface area (Å²) in [5.41, 5.74) is 2.84. The minimum absolute atomic E-state index is 0.00632. The van der Waals surface area contributed by atoms with Crippen molar-refractivity contribution in [2.24, 2.45) is 0 Å². The van der Waals surface area contributed by atoms with Crippen LogP contribution in [0.4, 0.5) is 5.69 Å². The molecule has 0 bridgehead atoms. The van der Waals surface area contributed by atoms with Crippen LogP contribution >= 0.6 is 0 Å². The predicted octanol–water partition coefficient (Wildman–Crippen LogP) is 4.72. The monoisotopic (exact) mass is 398 g/mol. The number of benzene rings is 2. The van der Waals surface area contributed by atoms with E-state index in [2.05, 4.69) is 4.98 Å². The lowest BCUT2D eigenvalue weighted by Gasteiger charge is -2.17. The van der Waals surface area contributed by atoms with Gasteiger partial charge < -0.3 is 18.9 Å². The van der Waals surface area contributed by atoms with E-state index in [1.807, 2.05) is 6.92 Å². The number of nitro benzene ring substituents is 1. The van der Waals surface area contributed by atoms with Crippen LogP contribution in [0.25, 0.3) is 10.9 Å². The van der Waals surface area contributed by atoms with E-state index in [0.717, 1.165) is 11.1 Å². The second-order valence-corrected chi connectivity index (χ2v) is 6.53. The first-order chi connectivity index (χ1) is 13.9. The molecule has 0 fully saturated rings. The first kappa shape index (κ1) is 20.3. The maximum atomic E-state index is 11.4. The largest absolute Gasteiger partial charge is 0.493 e. The second-order valence-electron chi connectivity index (χ2n) is 6.53. The molecule has 0 saturated carbocycles. The maximum absolute atomic E-state index is 11.4. The van der Waals surface area contributed by atoms with Crippen LogP contribution in [-0.2, 0) is 11.3 Å². The highest BCUT2D eigenvalue weighted by Gasteiger charge is 2.20. The second kappa shape index (κ2) is 8.32. The number of methoxy groups -OCH3 is 3. The first-order valence-electron chi connectivity index (χ1n) is 8.86. The number of aryl methyl sites for hydroxylation is 2. The Balaban J connectivity index is 2.14. The van der Waals surface area contributed by atoms with Crippen molar-refractivity contribution >= 4 is 16.6 Å². The summed E-state index contributed by atoms with van der Waals surface area (Å²) >= 11 is 0. The molecule has 0 N–H and O–H groups in total. The molecule has 8 nitrogen and oxygen atoms in total. The molecule has 0 unspecified atom stereocenters. The number of ether oxygens (including phenoxy) is 4. The van der Waals surface area contributed by atoms with Crippen molar-refractivity contribution in [3.8, 4) is 23.1 Å². The van der Waals surface area contributed by atoms with Crippen molar-refractivity contribution in [1.29, 1.82) is 0 Å². The molecule has 0 radical (unpaired) electrons. The van der Waals surface area contributed by atoms with E-state index in [1.54, 1.807) is 38.3 Å². The molecule has 0 amide bonds. The standard InChI is InChI=1S/C21H22N2O6/c1-12-6-7-16(23(24)25)15-8-13(2)21(22-19(12)15)29-20-17(27-4)9-14(11-26-3)10-18(20)28-5/h6-10H,11H2,1-5H3. The summed E-state index contributed by atoms with van der Waals surface area (Å²) in [6.07, 6.45) is 0. The van der Waals surface area contributed by atoms with Crippen LogP contribution in [-0.4, -0.2) is 31.2 Å². The molecule has 1 heterocycles. The summed E-state index contributed by atoms with van der Waals surface area (Å²) < 4.78 is 22.2. The summed E-state index contributed by atoms with van der Waals surface area (Å²) in [5, 5.41) is 11.8. The van der Waals surface area contributed by atoms with Crippen molar-refractivity contribution < 1.29 is 23.9 Å². The van der Waals surface area contributed by atoms with Gasteiger partial charge in [-0.3, -0.25) is 10.1 Å². The zero-order valence-corrected chi connectivity index (χ0v) is 16.9. The normalized spacial score (nSPS) is 10.8. The number of pyridine rings is 1. The lowest BCUT2D eigenvalue weighted by Crippen LogP contribution is -2.01. The van der Waals surface area contributed by atoms with Gasteiger partial charge >= 0.3 is 0 Å². The lowest BCUT2D eigenvalue weighted by molar-refractivity contribution is -0.383. The van der Waals surface area contributed by atoms with Crippen LogP contribution in [0, 0.1) is 24.0 Å². The quantitative estimate of drug-likeness (QED) is 0.420. The van der Waals surface area contributed by atoms with Gasteiger partial charge in [0.2, 0.25) is 11.6 Å². The Labute approximate surface area is 168 Å². The van der Waals surface area contributed by atoms with Gasteiger partial charge in [0.1, 0.15) is 0 Å². The van der Waals surface area contributed by atoms with E-state index in [0.29, 0.717) is 46.2 Å². The Morgan fingerprint density at radius 3 is 2.21 bits per heavy atom. The lowest BCUT2D eigenvalue weighted by atomic mass is 10.1. The highest BCUT2D eigenvalue weighted by Crippen LogP contribution is 2.42. The van der Waals surface area contributed by atoms with Gasteiger partial charge in [0.15, 0.2) is 11.5 Å². The molecule has 2 aromatic carbocycles. The predicted molar refractivity (Wildman–Crippen MR) is 108 cm³/mol. The molecule has 1 aromatic heterocycles. The van der Waals surface area contributed by atoms with Crippen LogP contribution in [0.5, 0.6) is 23.1 Å². The van der Waals surface area contributed by atoms with E-state index in [1.165, 1.54) is 20.3 Å². The van der Waals surface area contributed by atoms with Gasteiger partial charge in [0.05, 0.1) is 36.7 Å². The third kappa shape index (κ3) is 3.93. The molecule has 0 atom stereocenters. The van der Waals surface area contributed by atoms with Crippen molar-refractivity contribution in [1.82, 2.24) is 4.98 Å². The molecule has 8 heteroatoms. The molecule has 0 spiro atoms. The van der Waals surface area contributed by atoms with Crippen LogP contribution in [0.1, 0.15) is 16.7 Å². The number of nitro groups is 1. The van der Waals surface area contributed by atoms with Gasteiger partial charge in [-0.05, 0) is 43.2 Å². The minimum Gasteiger partial charge on any atom is -0.493 e. The SMILES string of the molecule is COCc1cc(OC)c(Oc2nc3c(C)ccc([N+](=O)[O-])c3cc2C)c(OC)c1. The fourth-order valence-electron chi connectivity index (χ4n) is 3.11. The zero-order valence-electron chi connectivity index (χ0n) is 16.9. The molecule has 3 rings (SSSR count). The van der Waals surface area contributed by atoms with Crippen molar-refractivity contribution in [3.63, 3.8) is 0 Å². The van der Waals surface area contributed by atoms with Gasteiger partial charge in [-0.2, -0.15) is 0 Å². The highest BCUT2D eigenvalue weighted by atomic mass is 16.6. The van der Waals surface area contributed by atoms with Gasteiger partial charge in [-0.25, -0.2) is 4.98 Å². The van der Waals surface area contributed by atoms with E-state index in [-0.39, 0.29) is 5.69 Å². The summed E-state index contributed by atoms with van der Waals surface area (Å²) in [4.78, 5) is 15.5. The Morgan fingerprint density at radius 2 is 1.66 bits per heavy atom. The number of aromatic nitrogens is 1. The molecule has 152 valence electrons. The topological polar surface area (TPSA) is 93.0 Å². The Bertz CT molecular complexity index is 1060. The number of fused-ring (bicyclic) bond motifs is 1. The highest BCUT2D eigenvalue weighted by molar-refractivity contribution is 5.91. The van der Waals surface area contributed by atoms with E-state index in [9.17, 15) is 10.1 Å². The summed E-state index contributed by atoms with van der Waals surface area (Å²) in [6, 6.07) is 8.47. The molecule has 0 aliphatic heterocycles. The van der Waals surface area contributed by atoms with Gasteiger partial charge in [0.25, 0.3) is 5.69 Å². The third-order valence-corrected chi connectivity index (χ3v) is 4.53. The van der Waals surface area contributed by atoms with Crippen LogP contribution in [0.2, 0.25) is 0 Å². The molecule has 29 heavy (non-hydrogen) atoms. The smallest absolute Gasteiger partial charge is 0.278 e. The molecular formula is C21H22N2O6. The average Bonchev–Trinajstić information content (AvgIpc) is 2.69.